The zero-order chi connectivity index (χ0) is 20.5. The zero-order valence-corrected chi connectivity index (χ0v) is 17.9. The highest BCUT2D eigenvalue weighted by Crippen LogP contribution is 2.27. The number of rotatable bonds is 4. The topological polar surface area (TPSA) is 92.1 Å². The van der Waals surface area contributed by atoms with Crippen LogP contribution in [-0.4, -0.2) is 57.9 Å². The minimum Gasteiger partial charge on any atom is -0.357 e. The Kier molecular flexibility index (Phi) is 5.85. The van der Waals surface area contributed by atoms with Crippen LogP contribution in [0.4, 0.5) is 0 Å². The number of thiazole rings is 1. The maximum atomic E-state index is 13.2. The number of carbonyl (C=O) groups is 2. The minimum atomic E-state index is -0.659. The van der Waals surface area contributed by atoms with Crippen molar-refractivity contribution in [1.29, 1.82) is 0 Å². The maximum Gasteiger partial charge on any atom is 0.272 e. The SMILES string of the molecule is CNC(=O)C(NC(=O)c1nc(-c2cscn2)n2c1CN(C)CCC2)C(C)(C)C. The average Bonchev–Trinajstić information content (AvgIpc) is 3.22. The molecule has 2 amide bonds. The van der Waals surface area contributed by atoms with Crippen molar-refractivity contribution in [3.63, 3.8) is 0 Å². The number of aromatic nitrogens is 3. The first-order chi connectivity index (χ1) is 13.2. The third-order valence-corrected chi connectivity index (χ3v) is 5.53. The van der Waals surface area contributed by atoms with E-state index < -0.39 is 11.5 Å². The van der Waals surface area contributed by atoms with Gasteiger partial charge in [0.2, 0.25) is 5.91 Å². The van der Waals surface area contributed by atoms with E-state index in [2.05, 4.69) is 30.1 Å². The van der Waals surface area contributed by atoms with Crippen LogP contribution < -0.4 is 10.6 Å². The molecule has 1 aliphatic rings. The predicted octanol–water partition coefficient (Wildman–Crippen LogP) is 1.73. The van der Waals surface area contributed by atoms with E-state index in [1.807, 2.05) is 33.2 Å². The fraction of sp³-hybridized carbons (Fsp3) is 0.579. The molecule has 28 heavy (non-hydrogen) atoms. The summed E-state index contributed by atoms with van der Waals surface area (Å²) in [4.78, 5) is 36.8. The second-order valence-electron chi connectivity index (χ2n) is 8.23. The first kappa shape index (κ1) is 20.5. The van der Waals surface area contributed by atoms with Gasteiger partial charge in [0.25, 0.3) is 5.91 Å². The summed E-state index contributed by atoms with van der Waals surface area (Å²) in [6.45, 7) is 8.13. The second-order valence-corrected chi connectivity index (χ2v) is 8.95. The van der Waals surface area contributed by atoms with Crippen molar-refractivity contribution in [2.75, 3.05) is 20.6 Å². The van der Waals surface area contributed by atoms with Gasteiger partial charge in [0.15, 0.2) is 11.5 Å². The summed E-state index contributed by atoms with van der Waals surface area (Å²) in [6, 6.07) is -0.659. The lowest BCUT2D eigenvalue weighted by molar-refractivity contribution is -0.124. The molecule has 0 aromatic carbocycles. The van der Waals surface area contributed by atoms with Gasteiger partial charge in [0, 0.05) is 25.5 Å². The van der Waals surface area contributed by atoms with Gasteiger partial charge < -0.3 is 20.1 Å². The van der Waals surface area contributed by atoms with Crippen LogP contribution in [0.1, 0.15) is 43.4 Å². The Morgan fingerprint density at radius 3 is 2.64 bits per heavy atom. The molecule has 2 aromatic rings. The van der Waals surface area contributed by atoms with Crippen molar-refractivity contribution in [3.8, 4) is 11.5 Å². The van der Waals surface area contributed by atoms with Crippen LogP contribution in [0.2, 0.25) is 0 Å². The van der Waals surface area contributed by atoms with Gasteiger partial charge in [-0.3, -0.25) is 9.59 Å². The zero-order valence-electron chi connectivity index (χ0n) is 17.1. The van der Waals surface area contributed by atoms with E-state index in [1.165, 1.54) is 11.3 Å². The van der Waals surface area contributed by atoms with E-state index in [0.29, 0.717) is 18.1 Å². The summed E-state index contributed by atoms with van der Waals surface area (Å²) in [5.74, 6) is 0.163. The third-order valence-electron chi connectivity index (χ3n) is 4.94. The van der Waals surface area contributed by atoms with Crippen molar-refractivity contribution in [1.82, 2.24) is 30.1 Å². The van der Waals surface area contributed by atoms with Crippen LogP contribution in [-0.2, 0) is 17.9 Å². The van der Waals surface area contributed by atoms with Gasteiger partial charge in [0.1, 0.15) is 11.7 Å². The van der Waals surface area contributed by atoms with Crippen LogP contribution in [0.15, 0.2) is 10.9 Å². The normalized spacial score (nSPS) is 16.2. The van der Waals surface area contributed by atoms with Crippen LogP contribution in [0, 0.1) is 5.41 Å². The fourth-order valence-corrected chi connectivity index (χ4v) is 3.97. The number of fused-ring (bicyclic) bond motifs is 1. The molecule has 0 saturated carbocycles. The maximum absolute atomic E-state index is 13.2. The molecule has 0 saturated heterocycles. The number of hydrogen-bond acceptors (Lipinski definition) is 6. The Bertz CT molecular complexity index is 853. The minimum absolute atomic E-state index is 0.219. The Morgan fingerprint density at radius 2 is 2.04 bits per heavy atom. The third kappa shape index (κ3) is 4.10. The summed E-state index contributed by atoms with van der Waals surface area (Å²) in [5, 5.41) is 7.48. The number of nitrogens with one attached hydrogen (secondary N) is 2. The molecule has 3 rings (SSSR count). The molecule has 1 aliphatic heterocycles. The van der Waals surface area contributed by atoms with Gasteiger partial charge in [-0.2, -0.15) is 0 Å². The Hall–Kier alpha value is -2.26. The summed E-state index contributed by atoms with van der Waals surface area (Å²) >= 11 is 1.50. The molecule has 3 heterocycles. The van der Waals surface area contributed by atoms with Crippen molar-refractivity contribution in [2.24, 2.45) is 5.41 Å². The van der Waals surface area contributed by atoms with Crippen molar-refractivity contribution < 1.29 is 9.59 Å². The van der Waals surface area contributed by atoms with E-state index in [-0.39, 0.29) is 11.8 Å². The molecule has 0 spiro atoms. The van der Waals surface area contributed by atoms with Gasteiger partial charge in [-0.05, 0) is 25.4 Å². The molecule has 152 valence electrons. The molecule has 8 nitrogen and oxygen atoms in total. The Labute approximate surface area is 169 Å². The molecule has 0 aliphatic carbocycles. The highest BCUT2D eigenvalue weighted by atomic mass is 32.1. The van der Waals surface area contributed by atoms with E-state index in [4.69, 9.17) is 0 Å². The van der Waals surface area contributed by atoms with Crippen LogP contribution in [0.3, 0.4) is 0 Å². The van der Waals surface area contributed by atoms with E-state index in [9.17, 15) is 9.59 Å². The number of nitrogens with zero attached hydrogens (tertiary/aromatic N) is 4. The molecule has 1 unspecified atom stereocenters. The second kappa shape index (κ2) is 8.00. The summed E-state index contributed by atoms with van der Waals surface area (Å²) < 4.78 is 2.10. The highest BCUT2D eigenvalue weighted by molar-refractivity contribution is 7.07. The van der Waals surface area contributed by atoms with Gasteiger partial charge in [-0.1, -0.05) is 20.8 Å². The van der Waals surface area contributed by atoms with Gasteiger partial charge in [-0.25, -0.2) is 9.97 Å². The average molecular weight is 405 g/mol. The van der Waals surface area contributed by atoms with Crippen molar-refractivity contribution in [3.05, 3.63) is 22.3 Å². The summed E-state index contributed by atoms with van der Waals surface area (Å²) in [7, 11) is 3.61. The number of carbonyl (C=O) groups excluding carboxylic acids is 2. The van der Waals surface area contributed by atoms with Crippen LogP contribution >= 0.6 is 11.3 Å². The smallest absolute Gasteiger partial charge is 0.272 e. The predicted molar refractivity (Wildman–Crippen MR) is 109 cm³/mol. The monoisotopic (exact) mass is 404 g/mol. The van der Waals surface area contributed by atoms with Crippen LogP contribution in [0.5, 0.6) is 0 Å². The highest BCUT2D eigenvalue weighted by Gasteiger charge is 2.34. The standard InChI is InChI=1S/C19H28N6O2S/c1-19(2,3)15(18(27)20-4)23-17(26)14-13-9-24(5)7-6-8-25(13)16(22-14)12-10-28-11-21-12/h10-11,15H,6-9H2,1-5H3,(H,20,27)(H,23,26). The molecule has 0 fully saturated rings. The number of likely N-dealkylation sites (N-methyl/N-ethyl adjacent to an activating group) is 1. The molecule has 2 N–H and O–H groups in total. The van der Waals surface area contributed by atoms with E-state index in [1.54, 1.807) is 12.6 Å². The lowest BCUT2D eigenvalue weighted by Gasteiger charge is -2.29. The number of amides is 2. The van der Waals surface area contributed by atoms with Gasteiger partial charge in [0.05, 0.1) is 11.2 Å². The number of hydrogen-bond donors (Lipinski definition) is 2. The summed E-state index contributed by atoms with van der Waals surface area (Å²) in [5.41, 5.74) is 3.34. The molecule has 2 aromatic heterocycles. The molecule has 0 bridgehead atoms. The lowest BCUT2D eigenvalue weighted by atomic mass is 9.86. The first-order valence-electron chi connectivity index (χ1n) is 9.41. The Morgan fingerprint density at radius 1 is 1.29 bits per heavy atom. The van der Waals surface area contributed by atoms with Crippen molar-refractivity contribution in [2.45, 2.75) is 46.3 Å². The molecule has 1 atom stereocenters. The van der Waals surface area contributed by atoms with Crippen molar-refractivity contribution >= 4 is 23.2 Å². The lowest BCUT2D eigenvalue weighted by Crippen LogP contribution is -2.53. The van der Waals surface area contributed by atoms with Gasteiger partial charge >= 0.3 is 0 Å². The fourth-order valence-electron chi connectivity index (χ4n) is 3.44. The molecular weight excluding hydrogens is 376 g/mol. The van der Waals surface area contributed by atoms with Gasteiger partial charge in [-0.15, -0.1) is 11.3 Å². The quantitative estimate of drug-likeness (QED) is 0.810. The van der Waals surface area contributed by atoms with E-state index in [0.717, 1.165) is 30.9 Å². The largest absolute Gasteiger partial charge is 0.357 e. The molecular formula is C19H28N6O2S. The number of imidazole rings is 1. The Balaban J connectivity index is 2.01. The van der Waals surface area contributed by atoms with Crippen LogP contribution in [0.25, 0.3) is 11.5 Å². The van der Waals surface area contributed by atoms with E-state index >= 15 is 0 Å². The first-order valence-corrected chi connectivity index (χ1v) is 10.4. The summed E-state index contributed by atoms with van der Waals surface area (Å²) in [6.07, 6.45) is 0.973. The molecule has 9 heteroatoms. The molecule has 0 radical (unpaired) electrons.